The number of nitrogens with zero attached hydrogens (tertiary/aromatic N) is 4. The Morgan fingerprint density at radius 1 is 0.468 bits per heavy atom. The molecule has 0 saturated heterocycles. The maximum Gasteiger partial charge on any atom is 0.171 e. The Kier molecular flexibility index (Phi) is 8.06. The minimum absolute atomic E-state index is 0.352. The molecule has 0 unspecified atom stereocenters. The molecule has 7 aromatic rings. The molecule has 0 amide bonds. The predicted molar refractivity (Wildman–Crippen MR) is 186 cm³/mol. The van der Waals surface area contributed by atoms with E-state index in [9.17, 15) is 9.65 Å². The van der Waals surface area contributed by atoms with Crippen molar-refractivity contribution in [3.8, 4) is 51.4 Å². The summed E-state index contributed by atoms with van der Waals surface area (Å²) in [4.78, 5) is 14.3. The third-order valence-electron chi connectivity index (χ3n) is 7.91. The van der Waals surface area contributed by atoms with E-state index in [4.69, 9.17) is 15.0 Å². The van der Waals surface area contributed by atoms with Crippen LogP contribution in [0.5, 0.6) is 0 Å². The maximum atomic E-state index is 15.0. The van der Waals surface area contributed by atoms with E-state index in [1.54, 1.807) is 36.4 Å². The van der Waals surface area contributed by atoms with Gasteiger partial charge in [-0.2, -0.15) is 5.26 Å². The van der Waals surface area contributed by atoms with Gasteiger partial charge < -0.3 is 4.57 Å². The van der Waals surface area contributed by atoms with Crippen LogP contribution in [0, 0.1) is 17.1 Å². The maximum absolute atomic E-state index is 15.0. The zero-order chi connectivity index (χ0) is 32.2. The van der Waals surface area contributed by atoms with Crippen molar-refractivity contribution in [2.45, 2.75) is 0 Å². The van der Waals surface area contributed by atoms with Crippen LogP contribution >= 0.6 is 7.14 Å². The van der Waals surface area contributed by atoms with Gasteiger partial charge in [-0.1, -0.05) is 97.1 Å². The van der Waals surface area contributed by atoms with Crippen LogP contribution in [-0.4, -0.2) is 15.0 Å². The Labute approximate surface area is 272 Å². The topological polar surface area (TPSA) is 79.5 Å². The second-order valence-electron chi connectivity index (χ2n) is 10.9. The van der Waals surface area contributed by atoms with Gasteiger partial charge in [0.2, 0.25) is 0 Å². The molecule has 7 rings (SSSR count). The summed E-state index contributed by atoms with van der Waals surface area (Å²) in [5.41, 5.74) is 4.45. The van der Waals surface area contributed by atoms with Crippen LogP contribution in [0.3, 0.4) is 0 Å². The van der Waals surface area contributed by atoms with E-state index in [1.165, 1.54) is 12.1 Å². The highest BCUT2D eigenvalue weighted by molar-refractivity contribution is 7.85. The lowest BCUT2D eigenvalue weighted by atomic mass is 10.0. The molecule has 0 N–H and O–H groups in total. The first kappa shape index (κ1) is 29.7. The van der Waals surface area contributed by atoms with Crippen LogP contribution in [0.25, 0.3) is 45.3 Å². The van der Waals surface area contributed by atoms with Gasteiger partial charge in [-0.15, -0.1) is 0 Å². The number of benzene rings is 6. The molecule has 1 aromatic heterocycles. The zero-order valence-electron chi connectivity index (χ0n) is 25.0. The standard InChI is InChI=1S/C40H26FN4OP/c41-34-23-21-30(22-24-34)39-43-38(29-19-17-28(27-42)18-20-29)44-40(45-39)33-11-7-9-31(25-33)32-10-8-16-37(26-32)47(46,35-12-3-1-4-13-35)36-14-5-2-6-15-36/h1-26H. The summed E-state index contributed by atoms with van der Waals surface area (Å²) >= 11 is 0. The highest BCUT2D eigenvalue weighted by Gasteiger charge is 2.29. The second-order valence-corrected chi connectivity index (χ2v) is 13.7. The summed E-state index contributed by atoms with van der Waals surface area (Å²) in [7, 11) is -3.16. The van der Waals surface area contributed by atoms with E-state index in [-0.39, 0.29) is 5.82 Å². The first-order valence-electron chi connectivity index (χ1n) is 15.0. The summed E-state index contributed by atoms with van der Waals surface area (Å²) < 4.78 is 28.8. The van der Waals surface area contributed by atoms with Gasteiger partial charge in [0.1, 0.15) is 5.82 Å². The van der Waals surface area contributed by atoms with E-state index >= 15 is 4.57 Å². The Balaban J connectivity index is 1.33. The minimum Gasteiger partial charge on any atom is -0.309 e. The highest BCUT2D eigenvalue weighted by atomic mass is 31.2. The molecular weight excluding hydrogens is 602 g/mol. The van der Waals surface area contributed by atoms with Crippen molar-refractivity contribution in [3.05, 3.63) is 169 Å². The second kappa shape index (κ2) is 12.8. The third-order valence-corrected chi connectivity index (χ3v) is 11.0. The average molecular weight is 629 g/mol. The van der Waals surface area contributed by atoms with E-state index in [0.717, 1.165) is 38.2 Å². The minimum atomic E-state index is -3.16. The molecule has 0 radical (unpaired) electrons. The molecule has 0 atom stereocenters. The van der Waals surface area contributed by atoms with Crippen molar-refractivity contribution in [1.29, 1.82) is 5.26 Å². The number of aromatic nitrogens is 3. The number of nitriles is 1. The van der Waals surface area contributed by atoms with Crippen LogP contribution in [0.1, 0.15) is 5.56 Å². The number of hydrogen-bond donors (Lipinski definition) is 0. The quantitative estimate of drug-likeness (QED) is 0.166. The van der Waals surface area contributed by atoms with Gasteiger partial charge in [0.05, 0.1) is 11.6 Å². The van der Waals surface area contributed by atoms with Gasteiger partial charge >= 0.3 is 0 Å². The lowest BCUT2D eigenvalue weighted by Gasteiger charge is -2.20. The monoisotopic (exact) mass is 628 g/mol. The summed E-state index contributed by atoms with van der Waals surface area (Å²) in [6.45, 7) is 0. The molecule has 0 saturated carbocycles. The van der Waals surface area contributed by atoms with Crippen molar-refractivity contribution in [2.24, 2.45) is 0 Å². The molecule has 224 valence electrons. The average Bonchev–Trinajstić information content (AvgIpc) is 3.15. The molecule has 0 aliphatic heterocycles. The first-order chi connectivity index (χ1) is 23.0. The summed E-state index contributed by atoms with van der Waals surface area (Å²) in [6, 6.07) is 50.1. The first-order valence-corrected chi connectivity index (χ1v) is 16.7. The largest absolute Gasteiger partial charge is 0.309 e. The Hall–Kier alpha value is -6.02. The number of halogens is 1. The van der Waals surface area contributed by atoms with Crippen molar-refractivity contribution in [1.82, 2.24) is 15.0 Å². The summed E-state index contributed by atoms with van der Waals surface area (Å²) in [5.74, 6) is 0.914. The Morgan fingerprint density at radius 2 is 0.915 bits per heavy atom. The van der Waals surface area contributed by atoms with Gasteiger partial charge in [-0.05, 0) is 71.8 Å². The van der Waals surface area contributed by atoms with Crippen LogP contribution in [0.2, 0.25) is 0 Å². The molecule has 5 nitrogen and oxygen atoms in total. The van der Waals surface area contributed by atoms with Crippen molar-refractivity contribution in [3.63, 3.8) is 0 Å². The van der Waals surface area contributed by atoms with E-state index in [2.05, 4.69) is 6.07 Å². The van der Waals surface area contributed by atoms with Crippen LogP contribution < -0.4 is 15.9 Å². The normalized spacial score (nSPS) is 11.1. The SMILES string of the molecule is N#Cc1ccc(-c2nc(-c3ccc(F)cc3)nc(-c3cccc(-c4cccc(P(=O)(c5ccccc5)c5ccccc5)c4)c3)n2)cc1. The van der Waals surface area contributed by atoms with Crippen LogP contribution in [0.4, 0.5) is 4.39 Å². The Bertz CT molecular complexity index is 2240. The van der Waals surface area contributed by atoms with E-state index in [1.807, 2.05) is 109 Å². The molecule has 0 fully saturated rings. The van der Waals surface area contributed by atoms with Gasteiger partial charge in [0, 0.05) is 32.6 Å². The smallest absolute Gasteiger partial charge is 0.171 e. The Morgan fingerprint density at radius 3 is 1.47 bits per heavy atom. The third kappa shape index (κ3) is 6.01. The number of rotatable bonds is 7. The molecular formula is C40H26FN4OP. The molecule has 0 bridgehead atoms. The van der Waals surface area contributed by atoms with Crippen molar-refractivity contribution < 1.29 is 8.96 Å². The van der Waals surface area contributed by atoms with Gasteiger partial charge in [-0.25, -0.2) is 19.3 Å². The summed E-state index contributed by atoms with van der Waals surface area (Å²) in [5, 5.41) is 11.5. The van der Waals surface area contributed by atoms with Gasteiger partial charge in [0.25, 0.3) is 0 Å². The zero-order valence-corrected chi connectivity index (χ0v) is 25.9. The number of hydrogen-bond acceptors (Lipinski definition) is 5. The van der Waals surface area contributed by atoms with Crippen LogP contribution in [-0.2, 0) is 4.57 Å². The molecule has 6 aromatic carbocycles. The molecule has 0 aliphatic carbocycles. The predicted octanol–water partition coefficient (Wildman–Crippen LogP) is 8.19. The van der Waals surface area contributed by atoms with E-state index < -0.39 is 7.14 Å². The van der Waals surface area contributed by atoms with Gasteiger partial charge in [0.15, 0.2) is 24.6 Å². The molecule has 1 heterocycles. The highest BCUT2D eigenvalue weighted by Crippen LogP contribution is 2.43. The molecule has 47 heavy (non-hydrogen) atoms. The lowest BCUT2D eigenvalue weighted by molar-refractivity contribution is 0.592. The molecule has 0 spiro atoms. The molecule has 7 heteroatoms. The lowest BCUT2D eigenvalue weighted by Crippen LogP contribution is -2.25. The fourth-order valence-corrected chi connectivity index (χ4v) is 8.19. The van der Waals surface area contributed by atoms with Gasteiger partial charge in [-0.3, -0.25) is 0 Å². The molecule has 0 aliphatic rings. The fraction of sp³-hybridized carbons (Fsp3) is 0. The van der Waals surface area contributed by atoms with Crippen LogP contribution in [0.15, 0.2) is 158 Å². The van der Waals surface area contributed by atoms with Crippen molar-refractivity contribution in [2.75, 3.05) is 0 Å². The van der Waals surface area contributed by atoms with E-state index in [0.29, 0.717) is 28.6 Å². The van der Waals surface area contributed by atoms with Crippen molar-refractivity contribution >= 4 is 23.1 Å². The summed E-state index contributed by atoms with van der Waals surface area (Å²) in [6.07, 6.45) is 0. The fourth-order valence-electron chi connectivity index (χ4n) is 5.50.